The smallest absolute Gasteiger partial charge is 0.267 e. The number of carbonyl (C=O) groups excluding carboxylic acids is 1. The molecule has 1 fully saturated rings. The second-order valence-electron chi connectivity index (χ2n) is 4.32. The molecule has 3 rings (SSSR count). The minimum Gasteiger partial charge on any atom is -0.338 e. The fraction of sp³-hybridized carbons (Fsp3) is 0.308. The van der Waals surface area contributed by atoms with Gasteiger partial charge in [-0.3, -0.25) is 4.79 Å². The van der Waals surface area contributed by atoms with Crippen LogP contribution < -0.4 is 0 Å². The highest BCUT2D eigenvalue weighted by Crippen LogP contribution is 2.26. The summed E-state index contributed by atoms with van der Waals surface area (Å²) in [5.41, 5.74) is 1.66. The maximum Gasteiger partial charge on any atom is 0.267 e. The summed E-state index contributed by atoms with van der Waals surface area (Å²) in [6, 6.07) is 9.75. The Morgan fingerprint density at radius 1 is 1.17 bits per heavy atom. The molecule has 92 valence electrons. The zero-order chi connectivity index (χ0) is 12.4. The van der Waals surface area contributed by atoms with Gasteiger partial charge >= 0.3 is 0 Å². The predicted octanol–water partition coefficient (Wildman–Crippen LogP) is 2.44. The van der Waals surface area contributed by atoms with Gasteiger partial charge in [-0.25, -0.2) is 0 Å². The summed E-state index contributed by atoms with van der Waals surface area (Å²) in [6.07, 6.45) is 2.19. The lowest BCUT2D eigenvalue weighted by Crippen LogP contribution is -2.27. The third-order valence-electron chi connectivity index (χ3n) is 3.12. The quantitative estimate of drug-likeness (QED) is 0.832. The molecule has 0 aliphatic carbocycles. The minimum atomic E-state index is 0.0707. The fourth-order valence-corrected chi connectivity index (χ4v) is 2.84. The van der Waals surface area contributed by atoms with Crippen LogP contribution in [0.5, 0.6) is 0 Å². The first kappa shape index (κ1) is 11.3. The number of carbonyl (C=O) groups is 1. The van der Waals surface area contributed by atoms with Crippen LogP contribution in [0.4, 0.5) is 0 Å². The SMILES string of the molecule is O=C(c1snnc1-c1ccccc1)N1CCCC1. The first-order chi connectivity index (χ1) is 8.86. The molecule has 0 atom stereocenters. The van der Waals surface area contributed by atoms with E-state index < -0.39 is 0 Å². The monoisotopic (exact) mass is 259 g/mol. The summed E-state index contributed by atoms with van der Waals surface area (Å²) < 4.78 is 3.94. The molecule has 4 nitrogen and oxygen atoms in total. The number of hydrogen-bond donors (Lipinski definition) is 0. The average Bonchev–Trinajstić information content (AvgIpc) is 3.10. The number of amides is 1. The van der Waals surface area contributed by atoms with Crippen molar-refractivity contribution in [3.8, 4) is 11.3 Å². The van der Waals surface area contributed by atoms with Gasteiger partial charge in [0, 0.05) is 18.7 Å². The molecular formula is C13H13N3OS. The predicted molar refractivity (Wildman–Crippen MR) is 70.5 cm³/mol. The number of rotatable bonds is 2. The molecule has 0 spiro atoms. The highest BCUT2D eigenvalue weighted by molar-refractivity contribution is 7.08. The number of likely N-dealkylation sites (tertiary alicyclic amines) is 1. The Morgan fingerprint density at radius 2 is 1.89 bits per heavy atom. The van der Waals surface area contributed by atoms with Crippen molar-refractivity contribution in [1.29, 1.82) is 0 Å². The summed E-state index contributed by atoms with van der Waals surface area (Å²) in [6.45, 7) is 1.70. The Balaban J connectivity index is 1.94. The Labute approximate surface area is 109 Å². The van der Waals surface area contributed by atoms with Crippen LogP contribution in [-0.4, -0.2) is 33.5 Å². The Hall–Kier alpha value is -1.75. The zero-order valence-corrected chi connectivity index (χ0v) is 10.7. The second-order valence-corrected chi connectivity index (χ2v) is 5.07. The molecule has 0 bridgehead atoms. The van der Waals surface area contributed by atoms with Crippen molar-refractivity contribution in [2.45, 2.75) is 12.8 Å². The number of aromatic nitrogens is 2. The van der Waals surface area contributed by atoms with E-state index in [9.17, 15) is 4.79 Å². The minimum absolute atomic E-state index is 0.0707. The lowest BCUT2D eigenvalue weighted by Gasteiger charge is -2.13. The van der Waals surface area contributed by atoms with Gasteiger partial charge in [-0.1, -0.05) is 34.8 Å². The van der Waals surface area contributed by atoms with E-state index in [4.69, 9.17) is 0 Å². The largest absolute Gasteiger partial charge is 0.338 e. The van der Waals surface area contributed by atoms with Gasteiger partial charge in [0.15, 0.2) is 0 Å². The van der Waals surface area contributed by atoms with E-state index in [2.05, 4.69) is 9.59 Å². The molecule has 18 heavy (non-hydrogen) atoms. The summed E-state index contributed by atoms with van der Waals surface area (Å²) in [5.74, 6) is 0.0707. The van der Waals surface area contributed by atoms with Gasteiger partial charge in [0.1, 0.15) is 10.6 Å². The van der Waals surface area contributed by atoms with E-state index in [-0.39, 0.29) is 5.91 Å². The molecule has 1 amide bonds. The van der Waals surface area contributed by atoms with Crippen LogP contribution in [0.2, 0.25) is 0 Å². The highest BCUT2D eigenvalue weighted by Gasteiger charge is 2.25. The normalized spacial score (nSPS) is 15.0. The third-order valence-corrected chi connectivity index (χ3v) is 3.84. The summed E-state index contributed by atoms with van der Waals surface area (Å²) in [5, 5.41) is 4.10. The fourth-order valence-electron chi connectivity index (χ4n) is 2.18. The molecule has 1 aliphatic heterocycles. The third kappa shape index (κ3) is 2.01. The molecule has 1 aromatic carbocycles. The summed E-state index contributed by atoms with van der Waals surface area (Å²) >= 11 is 1.19. The van der Waals surface area contributed by atoms with Gasteiger partial charge in [0.2, 0.25) is 0 Å². The molecule has 2 heterocycles. The Kier molecular flexibility index (Phi) is 3.06. The molecule has 0 N–H and O–H groups in total. The van der Waals surface area contributed by atoms with E-state index in [1.165, 1.54) is 11.5 Å². The lowest BCUT2D eigenvalue weighted by atomic mass is 10.1. The molecule has 1 aliphatic rings. The van der Waals surface area contributed by atoms with Gasteiger partial charge in [0.25, 0.3) is 5.91 Å². The Bertz CT molecular complexity index is 546. The number of hydrogen-bond acceptors (Lipinski definition) is 4. The van der Waals surface area contributed by atoms with Crippen LogP contribution in [0.15, 0.2) is 30.3 Å². The Morgan fingerprint density at radius 3 is 2.61 bits per heavy atom. The molecule has 1 saturated heterocycles. The van der Waals surface area contributed by atoms with Crippen LogP contribution >= 0.6 is 11.5 Å². The van der Waals surface area contributed by atoms with Crippen LogP contribution in [0, 0.1) is 0 Å². The lowest BCUT2D eigenvalue weighted by molar-refractivity contribution is 0.0798. The highest BCUT2D eigenvalue weighted by atomic mass is 32.1. The van der Waals surface area contributed by atoms with Crippen LogP contribution in [0.3, 0.4) is 0 Å². The van der Waals surface area contributed by atoms with E-state index in [0.717, 1.165) is 31.5 Å². The van der Waals surface area contributed by atoms with Gasteiger partial charge in [-0.05, 0) is 24.4 Å². The molecule has 5 heteroatoms. The van der Waals surface area contributed by atoms with Crippen molar-refractivity contribution in [1.82, 2.24) is 14.5 Å². The summed E-state index contributed by atoms with van der Waals surface area (Å²) in [4.78, 5) is 14.9. The standard InChI is InChI=1S/C13H13N3OS/c17-13(16-8-4-5-9-16)12-11(14-15-18-12)10-6-2-1-3-7-10/h1-3,6-7H,4-5,8-9H2. The van der Waals surface area contributed by atoms with Crippen molar-refractivity contribution in [2.75, 3.05) is 13.1 Å². The van der Waals surface area contributed by atoms with Crippen molar-refractivity contribution in [3.05, 3.63) is 35.2 Å². The number of nitrogens with zero attached hydrogens (tertiary/aromatic N) is 3. The van der Waals surface area contributed by atoms with Crippen LogP contribution in [-0.2, 0) is 0 Å². The zero-order valence-electron chi connectivity index (χ0n) is 9.87. The van der Waals surface area contributed by atoms with Gasteiger partial charge in [0.05, 0.1) is 0 Å². The van der Waals surface area contributed by atoms with Crippen LogP contribution in [0.25, 0.3) is 11.3 Å². The topological polar surface area (TPSA) is 46.1 Å². The first-order valence-electron chi connectivity index (χ1n) is 6.03. The van der Waals surface area contributed by atoms with Gasteiger partial charge in [-0.15, -0.1) is 5.10 Å². The van der Waals surface area contributed by atoms with Crippen molar-refractivity contribution in [2.24, 2.45) is 0 Å². The molecule has 2 aromatic rings. The van der Waals surface area contributed by atoms with Crippen molar-refractivity contribution in [3.63, 3.8) is 0 Å². The average molecular weight is 259 g/mol. The molecule has 0 radical (unpaired) electrons. The van der Waals surface area contributed by atoms with E-state index in [0.29, 0.717) is 10.6 Å². The maximum atomic E-state index is 12.4. The van der Waals surface area contributed by atoms with E-state index in [1.807, 2.05) is 35.2 Å². The molecule has 0 unspecified atom stereocenters. The van der Waals surface area contributed by atoms with Crippen molar-refractivity contribution >= 4 is 17.4 Å². The van der Waals surface area contributed by atoms with Gasteiger partial charge in [-0.2, -0.15) is 0 Å². The molecular weight excluding hydrogens is 246 g/mol. The molecule has 0 saturated carbocycles. The first-order valence-corrected chi connectivity index (χ1v) is 6.80. The maximum absolute atomic E-state index is 12.4. The molecule has 1 aromatic heterocycles. The van der Waals surface area contributed by atoms with E-state index >= 15 is 0 Å². The van der Waals surface area contributed by atoms with E-state index in [1.54, 1.807) is 0 Å². The van der Waals surface area contributed by atoms with Crippen molar-refractivity contribution < 1.29 is 4.79 Å². The van der Waals surface area contributed by atoms with Crippen LogP contribution in [0.1, 0.15) is 22.5 Å². The summed E-state index contributed by atoms with van der Waals surface area (Å²) in [7, 11) is 0. The number of benzene rings is 1. The van der Waals surface area contributed by atoms with Gasteiger partial charge < -0.3 is 4.90 Å². The second kappa shape index (κ2) is 4.86.